The summed E-state index contributed by atoms with van der Waals surface area (Å²) in [5.74, 6) is 0.222. The van der Waals surface area contributed by atoms with Crippen molar-refractivity contribution in [2.75, 3.05) is 26.9 Å². The van der Waals surface area contributed by atoms with Gasteiger partial charge in [0.1, 0.15) is 13.2 Å². The van der Waals surface area contributed by atoms with E-state index in [1.807, 2.05) is 31.2 Å². The molecule has 0 aromatic heterocycles. The Morgan fingerprint density at radius 1 is 1.14 bits per heavy atom. The number of carbonyl (C=O) groups is 2. The molecule has 0 bridgehead atoms. The number of fused-ring (bicyclic) bond motifs is 1. The van der Waals surface area contributed by atoms with Gasteiger partial charge in [0.25, 0.3) is 5.91 Å². The molecule has 3 rings (SSSR count). The van der Waals surface area contributed by atoms with E-state index >= 15 is 0 Å². The first-order valence-electron chi connectivity index (χ1n) is 9.54. The van der Waals surface area contributed by atoms with Gasteiger partial charge in [0.15, 0.2) is 18.1 Å². The third-order valence-electron chi connectivity index (χ3n) is 4.66. The van der Waals surface area contributed by atoms with Crippen molar-refractivity contribution in [3.05, 3.63) is 53.1 Å². The van der Waals surface area contributed by atoms with Crippen LogP contribution in [0.25, 0.3) is 0 Å². The van der Waals surface area contributed by atoms with Crippen molar-refractivity contribution in [1.29, 1.82) is 0 Å². The molecule has 1 unspecified atom stereocenters. The van der Waals surface area contributed by atoms with Gasteiger partial charge in [-0.05, 0) is 36.6 Å². The van der Waals surface area contributed by atoms with Gasteiger partial charge >= 0.3 is 5.97 Å². The Balaban J connectivity index is 1.57. The second-order valence-electron chi connectivity index (χ2n) is 6.66. The average Bonchev–Trinajstić information content (AvgIpc) is 2.76. The highest BCUT2D eigenvalue weighted by Crippen LogP contribution is 2.40. The molecular weight excluding hydrogens is 374 g/mol. The maximum atomic E-state index is 12.4. The zero-order valence-electron chi connectivity index (χ0n) is 16.8. The van der Waals surface area contributed by atoms with E-state index in [0.29, 0.717) is 30.5 Å². The molecule has 1 amide bonds. The van der Waals surface area contributed by atoms with Gasteiger partial charge in [0.2, 0.25) is 5.75 Å². The molecule has 1 aliphatic heterocycles. The van der Waals surface area contributed by atoms with Gasteiger partial charge in [0.05, 0.1) is 18.7 Å². The zero-order valence-corrected chi connectivity index (χ0v) is 16.8. The minimum atomic E-state index is -0.643. The second kappa shape index (κ2) is 9.32. The summed E-state index contributed by atoms with van der Waals surface area (Å²) in [7, 11) is 1.48. The number of rotatable bonds is 7. The van der Waals surface area contributed by atoms with Crippen LogP contribution in [0.15, 0.2) is 36.4 Å². The molecule has 0 spiro atoms. The van der Waals surface area contributed by atoms with Crippen LogP contribution in [0.3, 0.4) is 0 Å². The molecule has 0 fully saturated rings. The summed E-state index contributed by atoms with van der Waals surface area (Å²) in [6.45, 7) is 4.38. The van der Waals surface area contributed by atoms with Crippen molar-refractivity contribution in [3.8, 4) is 17.2 Å². The van der Waals surface area contributed by atoms with E-state index in [2.05, 4.69) is 12.2 Å². The third kappa shape index (κ3) is 4.99. The van der Waals surface area contributed by atoms with E-state index in [0.717, 1.165) is 12.0 Å². The van der Waals surface area contributed by atoms with E-state index in [1.54, 1.807) is 0 Å². The lowest BCUT2D eigenvalue weighted by molar-refractivity contribution is -0.124. The molecule has 0 saturated heterocycles. The Hall–Kier alpha value is -3.22. The standard InChI is InChI=1S/C22H25NO6/c1-4-15-5-7-16(8-6-15)14(2)23-20(24)13-29-22(25)17-11-18(26-3)21-19(12-17)27-9-10-28-21/h5-8,11-12,14H,4,9-10,13H2,1-3H3,(H,23,24). The highest BCUT2D eigenvalue weighted by Gasteiger charge is 2.22. The highest BCUT2D eigenvalue weighted by molar-refractivity contribution is 5.93. The minimum Gasteiger partial charge on any atom is -0.493 e. The molecule has 1 N–H and O–H groups in total. The summed E-state index contributed by atoms with van der Waals surface area (Å²) in [5, 5.41) is 2.83. The summed E-state index contributed by atoms with van der Waals surface area (Å²) in [6.07, 6.45) is 0.960. The summed E-state index contributed by atoms with van der Waals surface area (Å²) >= 11 is 0. The van der Waals surface area contributed by atoms with Gasteiger partial charge in [0, 0.05) is 0 Å². The number of methoxy groups -OCH3 is 1. The molecule has 1 aliphatic rings. The van der Waals surface area contributed by atoms with Crippen LogP contribution in [-0.4, -0.2) is 38.8 Å². The third-order valence-corrected chi connectivity index (χ3v) is 4.66. The number of benzene rings is 2. The van der Waals surface area contributed by atoms with Gasteiger partial charge in [-0.2, -0.15) is 0 Å². The maximum Gasteiger partial charge on any atom is 0.338 e. The van der Waals surface area contributed by atoms with Gasteiger partial charge in [-0.25, -0.2) is 4.79 Å². The van der Waals surface area contributed by atoms with Crippen molar-refractivity contribution in [1.82, 2.24) is 5.32 Å². The fourth-order valence-corrected chi connectivity index (χ4v) is 3.01. The van der Waals surface area contributed by atoms with Gasteiger partial charge in [-0.1, -0.05) is 31.2 Å². The van der Waals surface area contributed by atoms with E-state index in [4.69, 9.17) is 18.9 Å². The van der Waals surface area contributed by atoms with Crippen molar-refractivity contribution in [2.45, 2.75) is 26.3 Å². The molecule has 154 valence electrons. The van der Waals surface area contributed by atoms with E-state index in [-0.39, 0.29) is 24.1 Å². The molecule has 0 aliphatic carbocycles. The number of hydrogen-bond acceptors (Lipinski definition) is 6. The van der Waals surface area contributed by atoms with Crippen LogP contribution in [-0.2, 0) is 16.0 Å². The van der Waals surface area contributed by atoms with Crippen LogP contribution in [0.2, 0.25) is 0 Å². The Kier molecular flexibility index (Phi) is 6.59. The lowest BCUT2D eigenvalue weighted by atomic mass is 10.1. The lowest BCUT2D eigenvalue weighted by Gasteiger charge is -2.21. The van der Waals surface area contributed by atoms with Crippen LogP contribution >= 0.6 is 0 Å². The Labute approximate surface area is 169 Å². The molecule has 29 heavy (non-hydrogen) atoms. The normalized spacial score (nSPS) is 13.3. The Bertz CT molecular complexity index is 860. The summed E-state index contributed by atoms with van der Waals surface area (Å²) < 4.78 is 21.4. The number of aryl methyl sites for hydroxylation is 1. The summed E-state index contributed by atoms with van der Waals surface area (Å²) in [6, 6.07) is 10.9. The molecule has 0 radical (unpaired) electrons. The van der Waals surface area contributed by atoms with Crippen molar-refractivity contribution >= 4 is 11.9 Å². The van der Waals surface area contributed by atoms with Crippen molar-refractivity contribution in [3.63, 3.8) is 0 Å². The number of nitrogens with one attached hydrogen (secondary N) is 1. The number of hydrogen-bond donors (Lipinski definition) is 1. The number of ether oxygens (including phenoxy) is 4. The van der Waals surface area contributed by atoms with Gasteiger partial charge in [-0.15, -0.1) is 0 Å². The Morgan fingerprint density at radius 2 is 1.86 bits per heavy atom. The topological polar surface area (TPSA) is 83.1 Å². The van der Waals surface area contributed by atoms with Crippen LogP contribution in [0, 0.1) is 0 Å². The second-order valence-corrected chi connectivity index (χ2v) is 6.66. The maximum absolute atomic E-state index is 12.4. The summed E-state index contributed by atoms with van der Waals surface area (Å²) in [4.78, 5) is 24.6. The van der Waals surface area contributed by atoms with Crippen molar-refractivity contribution < 1.29 is 28.5 Å². The highest BCUT2D eigenvalue weighted by atomic mass is 16.6. The largest absolute Gasteiger partial charge is 0.493 e. The molecule has 2 aromatic rings. The van der Waals surface area contributed by atoms with Crippen LogP contribution in [0.5, 0.6) is 17.2 Å². The average molecular weight is 399 g/mol. The van der Waals surface area contributed by atoms with Crippen molar-refractivity contribution in [2.24, 2.45) is 0 Å². The molecule has 1 atom stereocenters. The molecule has 7 heteroatoms. The minimum absolute atomic E-state index is 0.193. The Morgan fingerprint density at radius 3 is 2.55 bits per heavy atom. The van der Waals surface area contributed by atoms with Crippen LogP contribution in [0.1, 0.15) is 41.4 Å². The monoisotopic (exact) mass is 399 g/mol. The van der Waals surface area contributed by atoms with Gasteiger partial charge in [-0.3, -0.25) is 4.79 Å². The van der Waals surface area contributed by atoms with E-state index in [1.165, 1.54) is 24.8 Å². The number of esters is 1. The molecule has 1 heterocycles. The number of amides is 1. The predicted octanol–water partition coefficient (Wildman–Crippen LogP) is 3.06. The lowest BCUT2D eigenvalue weighted by Crippen LogP contribution is -2.31. The van der Waals surface area contributed by atoms with E-state index < -0.39 is 5.97 Å². The van der Waals surface area contributed by atoms with Crippen LogP contribution in [0.4, 0.5) is 0 Å². The smallest absolute Gasteiger partial charge is 0.338 e. The molecule has 2 aromatic carbocycles. The zero-order chi connectivity index (χ0) is 20.8. The molecule has 0 saturated carbocycles. The first-order chi connectivity index (χ1) is 14.0. The predicted molar refractivity (Wildman–Crippen MR) is 107 cm³/mol. The SMILES string of the molecule is CCc1ccc(C(C)NC(=O)COC(=O)c2cc(OC)c3c(c2)OCCO3)cc1. The van der Waals surface area contributed by atoms with E-state index in [9.17, 15) is 9.59 Å². The van der Waals surface area contributed by atoms with Crippen LogP contribution < -0.4 is 19.5 Å². The number of carbonyl (C=O) groups excluding carboxylic acids is 2. The quantitative estimate of drug-likeness (QED) is 0.721. The molecule has 7 nitrogen and oxygen atoms in total. The fraction of sp³-hybridized carbons (Fsp3) is 0.364. The first kappa shape index (κ1) is 20.5. The fourth-order valence-electron chi connectivity index (χ4n) is 3.01. The van der Waals surface area contributed by atoms with Gasteiger partial charge < -0.3 is 24.3 Å². The first-order valence-corrected chi connectivity index (χ1v) is 9.54. The summed E-state index contributed by atoms with van der Waals surface area (Å²) in [5.41, 5.74) is 2.44. The molecular formula is C22H25NO6.